The van der Waals surface area contributed by atoms with Crippen molar-refractivity contribution in [2.45, 2.75) is 189 Å². The van der Waals surface area contributed by atoms with Gasteiger partial charge in [0.1, 0.15) is 84.7 Å². The van der Waals surface area contributed by atoms with Crippen LogP contribution in [0.15, 0.2) is 47.6 Å². The number of carboxylic acids is 2. The third-order valence-electron chi connectivity index (χ3n) is 16.0. The summed E-state index contributed by atoms with van der Waals surface area (Å²) < 4.78 is 6.26. The summed E-state index contributed by atoms with van der Waals surface area (Å²) in [4.78, 5) is 189. The highest BCUT2D eigenvalue weighted by Crippen LogP contribution is 2.27. The van der Waals surface area contributed by atoms with Gasteiger partial charge in [-0.25, -0.2) is 0 Å². The Morgan fingerprint density at radius 1 is 0.670 bits per heavy atom. The number of benzene rings is 2. The number of amides is 11. The number of fused-ring (bicyclic) bond motifs is 6. The van der Waals surface area contributed by atoms with Crippen LogP contribution in [0, 0.1) is 5.92 Å². The smallest absolute Gasteiger partial charge is 0.338 e. The van der Waals surface area contributed by atoms with E-state index < -0.39 is 163 Å². The van der Waals surface area contributed by atoms with Gasteiger partial charge in [-0.2, -0.15) is 23.5 Å². The van der Waals surface area contributed by atoms with Crippen molar-refractivity contribution < 1.29 is 97.3 Å². The van der Waals surface area contributed by atoms with Crippen LogP contribution in [0.25, 0.3) is 0 Å². The number of carbonyl (C=O) groups is 13. The molecule has 0 saturated carbocycles. The van der Waals surface area contributed by atoms with Crippen LogP contribution in [-0.2, 0) is 85.1 Å². The molecule has 100 heavy (non-hydrogen) atoms. The van der Waals surface area contributed by atoms with Gasteiger partial charge in [-0.3, -0.25) is 69.2 Å². The van der Waals surface area contributed by atoms with Crippen molar-refractivity contribution in [3.05, 3.63) is 59.2 Å². The van der Waals surface area contributed by atoms with Gasteiger partial charge in [0.15, 0.2) is 0 Å². The summed E-state index contributed by atoms with van der Waals surface area (Å²) in [5, 5.41) is 71.0. The van der Waals surface area contributed by atoms with E-state index in [0.717, 1.165) is 44.7 Å². The monoisotopic (exact) mass is 1440 g/mol. The van der Waals surface area contributed by atoms with Gasteiger partial charge in [0, 0.05) is 54.3 Å². The molecule has 1 fully saturated rings. The zero-order valence-electron chi connectivity index (χ0n) is 56.2. The lowest BCUT2D eigenvalue weighted by molar-refractivity contribution is -0.459. The molecule has 0 unspecified atom stereocenters. The van der Waals surface area contributed by atoms with E-state index in [9.17, 15) is 78.0 Å². The van der Waals surface area contributed by atoms with E-state index in [1.807, 2.05) is 6.07 Å². The number of nitrogens with zero attached hydrogens (tertiary/aromatic N) is 2. The van der Waals surface area contributed by atoms with Crippen LogP contribution in [0.4, 0.5) is 0 Å². The molecular weight excluding hydrogens is 1350 g/mol. The lowest BCUT2D eigenvalue weighted by Crippen LogP contribution is -2.78. The van der Waals surface area contributed by atoms with Gasteiger partial charge in [-0.1, -0.05) is 37.2 Å². The average molecular weight is 1440 g/mol. The summed E-state index contributed by atoms with van der Waals surface area (Å²) >= 11 is 2.36. The number of phenols is 1. The molecule has 4 bridgehead atoms. The van der Waals surface area contributed by atoms with Gasteiger partial charge in [0.25, 0.3) is 5.91 Å². The first-order valence-corrected chi connectivity index (χ1v) is 35.2. The van der Waals surface area contributed by atoms with Gasteiger partial charge in [0.05, 0.1) is 19.3 Å². The number of oxime groups is 1. The molecular formula is C64H92N15O19S2-. The quantitative estimate of drug-likeness (QED) is 0.0448. The number of carbonyl (C=O) groups excluding carboxylic acids is 13. The van der Waals surface area contributed by atoms with Crippen molar-refractivity contribution in [1.29, 1.82) is 0 Å². The number of hydrogen-bond acceptors (Lipinski definition) is 22. The number of ether oxygens (including phenoxy) is 1. The molecule has 11 amide bonds. The van der Waals surface area contributed by atoms with Gasteiger partial charge < -0.3 is 98.1 Å². The van der Waals surface area contributed by atoms with E-state index in [-0.39, 0.29) is 105 Å². The molecule has 3 heterocycles. The summed E-state index contributed by atoms with van der Waals surface area (Å²) in [6.45, 7) is 6.23. The molecule has 18 N–H and O–H groups in total. The first-order chi connectivity index (χ1) is 47.5. The number of aromatic hydroxyl groups is 1. The van der Waals surface area contributed by atoms with Crippen molar-refractivity contribution in [2.24, 2.45) is 28.3 Å². The highest BCUT2D eigenvalue weighted by atomic mass is 32.2. The van der Waals surface area contributed by atoms with Crippen LogP contribution >= 0.6 is 23.5 Å². The zero-order valence-corrected chi connectivity index (χ0v) is 57.8. The maximum Gasteiger partial charge on any atom is 0.338 e. The highest BCUT2D eigenvalue weighted by Gasteiger charge is 2.41. The van der Waals surface area contributed by atoms with Crippen molar-refractivity contribution in [3.8, 4) is 11.5 Å². The Morgan fingerprint density at radius 3 is 1.91 bits per heavy atom. The SMILES string of the molecule is CC(C)C[C@@H]1NC(=O)[C@@H]2CCCN2C(=O)[C@@H]2CSCc3cc(cc(c3)OCCCCCCO/N=C/C(=O)N[C@@H](CCC[NH+]=C(N)N)C(=O)N2)CSC[C@@H](C(N)=O)NC(=O)[C@H](CCC(=O)[O-])NC(=O)[C@H](Cc2ccc(O)cc2)NC(=O)[C@H](C)NC(=O)[C@H]([C@@H](C)O)NC(=O)[C@H](CC(=O)[O-])NC1=O. The van der Waals surface area contributed by atoms with Gasteiger partial charge in [0.2, 0.25) is 59.1 Å². The number of aliphatic carboxylic acids is 2. The lowest BCUT2D eigenvalue weighted by atomic mass is 10.0. The maximum atomic E-state index is 15.1. The van der Waals surface area contributed by atoms with Gasteiger partial charge in [-0.15, -0.1) is 0 Å². The second kappa shape index (κ2) is 41.2. The van der Waals surface area contributed by atoms with E-state index in [1.54, 1.807) is 26.0 Å². The number of carboxylic acid groups (broad SMARTS) is 2. The first kappa shape index (κ1) is 81.2. The molecule has 1 saturated heterocycles. The lowest BCUT2D eigenvalue weighted by Gasteiger charge is -2.31. The van der Waals surface area contributed by atoms with Crippen LogP contribution in [0.2, 0.25) is 0 Å². The van der Waals surface area contributed by atoms with Crippen LogP contribution in [0.1, 0.15) is 121 Å². The number of nitrogens with two attached hydrogens (primary N) is 3. The van der Waals surface area contributed by atoms with Gasteiger partial charge >= 0.3 is 5.96 Å². The molecule has 2 aromatic rings. The fourth-order valence-electron chi connectivity index (χ4n) is 10.8. The maximum absolute atomic E-state index is 15.1. The minimum absolute atomic E-state index is 0.00847. The van der Waals surface area contributed by atoms with Crippen LogP contribution < -0.4 is 85.0 Å². The number of nitrogens with one attached hydrogen (secondary N) is 10. The second-order valence-electron chi connectivity index (χ2n) is 24.8. The molecule has 3 aliphatic heterocycles. The molecule has 550 valence electrons. The molecule has 11 atom stereocenters. The summed E-state index contributed by atoms with van der Waals surface area (Å²) in [5.41, 5.74) is 18.7. The number of rotatable bonds is 15. The fourth-order valence-corrected chi connectivity index (χ4v) is 12.8. The molecule has 0 aliphatic carbocycles. The molecule has 0 radical (unpaired) electrons. The highest BCUT2D eigenvalue weighted by molar-refractivity contribution is 7.98. The molecule has 34 nitrogen and oxygen atoms in total. The van der Waals surface area contributed by atoms with E-state index in [4.69, 9.17) is 26.8 Å². The van der Waals surface area contributed by atoms with Crippen molar-refractivity contribution in [2.75, 3.05) is 37.8 Å². The van der Waals surface area contributed by atoms with E-state index in [2.05, 4.69) is 58.0 Å². The minimum atomic E-state index is -2.05. The third-order valence-corrected chi connectivity index (χ3v) is 18.2. The Labute approximate surface area is 586 Å². The van der Waals surface area contributed by atoms with Crippen molar-refractivity contribution in [1.82, 2.24) is 52.8 Å². The van der Waals surface area contributed by atoms with Crippen LogP contribution in [0.5, 0.6) is 11.5 Å². The first-order valence-electron chi connectivity index (χ1n) is 32.8. The van der Waals surface area contributed by atoms with E-state index in [0.29, 0.717) is 35.3 Å². The molecule has 0 spiro atoms. The molecule has 0 aromatic heterocycles. The van der Waals surface area contributed by atoms with Crippen molar-refractivity contribution >= 4 is 113 Å². The number of aliphatic hydroxyl groups is 1. The number of thioether (sulfide) groups is 2. The standard InChI is InChI=1S/C64H93N15O19S2/c1-34(2)23-44-58(91)74-46(28-52(85)86)60(93)78-53(36(4)80)62(95)70-35(3)55(88)73-45(27-37-13-15-40(81)16-14-37)59(92)72-43(17-18-51(83)84)57(90)76-47(54(65)87)32-99-30-38-24-39-26-41(25-38)97-21-7-5-6-8-22-98-69-29-50(82)71-42(11-9-19-68-64(66)67)56(89)77-48(33-100-31-39)63(96)79-20-10-12-49(79)61(94)75-44/h13-16,24-26,29,34-36,42-49,53,80-81H,5-12,17-23,27-28,30-33H2,1-4H3,(H2,65,87)(H,70,95)(H,71,82)(H,72,92)(H,73,88)(H,74,91)(H,75,94)(H,76,90)(H,77,89)(H,78,93)(H,83,84)(H,85,86)(H4,66,67,68)/p-1/b69-29+/t35-,36+,42-,43-,44-,45-,46-,47-,48-,49-,53-/m0/s1. The predicted octanol–water partition coefficient (Wildman–Crippen LogP) is -6.84. The normalized spacial score (nSPS) is 25.3. The molecule has 2 aromatic carbocycles. The Kier molecular flexibility index (Phi) is 33.5. The summed E-state index contributed by atoms with van der Waals surface area (Å²) in [6.07, 6.45) is -0.788. The largest absolute Gasteiger partial charge is 0.550 e. The zero-order chi connectivity index (χ0) is 73.6. The third kappa shape index (κ3) is 28.1. The summed E-state index contributed by atoms with van der Waals surface area (Å²) in [6, 6.07) is -5.15. The number of phenolic OH excluding ortho intramolecular Hbond substituents is 1. The number of guanidine groups is 1. The second-order valence-corrected chi connectivity index (χ2v) is 26.9. The Balaban J connectivity index is 1.60. The summed E-state index contributed by atoms with van der Waals surface area (Å²) in [5.74, 6) is -14.7. The summed E-state index contributed by atoms with van der Waals surface area (Å²) in [7, 11) is 0. The Hall–Kier alpha value is -9.45. The number of hydrogen-bond donors (Lipinski definition) is 15. The van der Waals surface area contributed by atoms with Gasteiger partial charge in [-0.05, 0) is 131 Å². The number of primary amides is 1. The van der Waals surface area contributed by atoms with Crippen LogP contribution in [-0.4, -0.2) is 209 Å². The Morgan fingerprint density at radius 2 is 1.27 bits per heavy atom. The molecule has 36 heteroatoms. The molecule has 5 rings (SSSR count). The van der Waals surface area contributed by atoms with Crippen molar-refractivity contribution in [3.63, 3.8) is 0 Å². The van der Waals surface area contributed by atoms with E-state index >= 15 is 4.79 Å². The number of aliphatic hydroxyl groups excluding tert-OH is 1. The fraction of sp³-hybridized carbons (Fsp3) is 0.578. The topological polar surface area (TPSA) is 543 Å². The van der Waals surface area contributed by atoms with E-state index in [1.165, 1.54) is 40.9 Å². The molecule has 3 aliphatic rings. The average Bonchev–Trinajstić information content (AvgIpc) is 1.56. The van der Waals surface area contributed by atoms with Crippen LogP contribution in [0.3, 0.4) is 0 Å². The predicted molar refractivity (Wildman–Crippen MR) is 359 cm³/mol. The minimum Gasteiger partial charge on any atom is -0.550 e. The Bertz CT molecular complexity index is 3270.